The molecule has 0 N–H and O–H groups in total. The highest BCUT2D eigenvalue weighted by molar-refractivity contribution is 5.94. The lowest BCUT2D eigenvalue weighted by Gasteiger charge is -2.36. The number of anilines is 1. The lowest BCUT2D eigenvalue weighted by molar-refractivity contribution is -0.0553. The normalized spacial score (nSPS) is 14.7. The second-order valence-electron chi connectivity index (χ2n) is 6.53. The minimum absolute atomic E-state index is 0.0958. The van der Waals surface area contributed by atoms with Gasteiger partial charge in [-0.3, -0.25) is 9.78 Å². The summed E-state index contributed by atoms with van der Waals surface area (Å²) in [4.78, 5) is 20.9. The van der Waals surface area contributed by atoms with E-state index in [0.717, 1.165) is 21.1 Å². The number of pyridine rings is 1. The molecule has 7 nitrogen and oxygen atoms in total. The van der Waals surface area contributed by atoms with Crippen molar-refractivity contribution in [3.8, 4) is 5.88 Å². The second kappa shape index (κ2) is 7.41. The van der Waals surface area contributed by atoms with E-state index in [2.05, 4.69) is 25.8 Å². The van der Waals surface area contributed by atoms with Gasteiger partial charge in [-0.15, -0.1) is 0 Å². The Morgan fingerprint density at radius 3 is 2.64 bits per heavy atom. The Morgan fingerprint density at radius 1 is 1.14 bits per heavy atom. The van der Waals surface area contributed by atoms with Crippen LogP contribution in [0.15, 0.2) is 42.7 Å². The molecule has 0 radical (unpaired) electrons. The zero-order valence-electron chi connectivity index (χ0n) is 15.3. The molecule has 146 valence electrons. The van der Waals surface area contributed by atoms with Gasteiger partial charge in [-0.05, 0) is 0 Å². The Labute approximate surface area is 160 Å². The summed E-state index contributed by atoms with van der Waals surface area (Å²) in [5.41, 5.74) is 1.13. The molecule has 4 rings (SSSR count). The Morgan fingerprint density at radius 2 is 1.89 bits per heavy atom. The zero-order chi connectivity index (χ0) is 19.7. The SMILES string of the molecule is Cn1nc(C(=O)N2CCN(c3cncc4ccccc34)CC2)cc1OC(F)F. The summed E-state index contributed by atoms with van der Waals surface area (Å²) in [6.45, 7) is -0.660. The maximum Gasteiger partial charge on any atom is 0.388 e. The molecule has 1 amide bonds. The standard InChI is InChI=1S/C19H19F2N5O2/c1-24-17(28-19(20)21)10-15(23-24)18(27)26-8-6-25(7-9-26)16-12-22-11-13-4-2-3-5-14(13)16/h2-5,10-12,19H,6-9H2,1H3. The zero-order valence-corrected chi connectivity index (χ0v) is 15.3. The summed E-state index contributed by atoms with van der Waals surface area (Å²) in [6, 6.07) is 9.29. The minimum Gasteiger partial charge on any atom is -0.417 e. The summed E-state index contributed by atoms with van der Waals surface area (Å²) in [5.74, 6) is -0.436. The van der Waals surface area contributed by atoms with Crippen LogP contribution < -0.4 is 9.64 Å². The van der Waals surface area contributed by atoms with Gasteiger partial charge in [0.1, 0.15) is 0 Å². The fourth-order valence-electron chi connectivity index (χ4n) is 3.42. The Bertz CT molecular complexity index is 994. The number of ether oxygens (including phenoxy) is 1. The smallest absolute Gasteiger partial charge is 0.388 e. The Kier molecular flexibility index (Phi) is 4.81. The number of nitrogens with zero attached hydrogens (tertiary/aromatic N) is 5. The number of fused-ring (bicyclic) bond motifs is 1. The van der Waals surface area contributed by atoms with Crippen molar-refractivity contribution < 1.29 is 18.3 Å². The van der Waals surface area contributed by atoms with E-state index in [1.165, 1.54) is 13.1 Å². The first-order valence-electron chi connectivity index (χ1n) is 8.89. The molecule has 9 heteroatoms. The molecule has 0 unspecified atom stereocenters. The number of carbonyl (C=O) groups is 1. The van der Waals surface area contributed by atoms with E-state index in [1.807, 2.05) is 30.6 Å². The molecule has 0 atom stereocenters. The highest BCUT2D eigenvalue weighted by Gasteiger charge is 2.26. The first-order valence-corrected chi connectivity index (χ1v) is 8.89. The third-order valence-corrected chi connectivity index (χ3v) is 4.82. The first-order chi connectivity index (χ1) is 13.5. The van der Waals surface area contributed by atoms with Crippen molar-refractivity contribution >= 4 is 22.4 Å². The van der Waals surface area contributed by atoms with Crippen LogP contribution in [0.1, 0.15) is 10.5 Å². The molecule has 0 saturated carbocycles. The van der Waals surface area contributed by atoms with Gasteiger partial charge in [-0.1, -0.05) is 24.3 Å². The van der Waals surface area contributed by atoms with Crippen molar-refractivity contribution in [1.29, 1.82) is 0 Å². The van der Waals surface area contributed by atoms with Crippen LogP contribution in [0.5, 0.6) is 5.88 Å². The quantitative estimate of drug-likeness (QED) is 0.689. The van der Waals surface area contributed by atoms with Crippen molar-refractivity contribution in [2.45, 2.75) is 6.61 Å². The monoisotopic (exact) mass is 387 g/mol. The minimum atomic E-state index is -2.96. The number of alkyl halides is 2. The molecular weight excluding hydrogens is 368 g/mol. The van der Waals surface area contributed by atoms with Crippen LogP contribution in [0.25, 0.3) is 10.8 Å². The number of piperazine rings is 1. The molecule has 1 aliphatic heterocycles. The van der Waals surface area contributed by atoms with Crippen molar-refractivity contribution in [1.82, 2.24) is 19.7 Å². The van der Waals surface area contributed by atoms with E-state index in [4.69, 9.17) is 0 Å². The summed E-state index contributed by atoms with van der Waals surface area (Å²) in [7, 11) is 1.46. The van der Waals surface area contributed by atoms with Crippen molar-refractivity contribution in [3.05, 3.63) is 48.4 Å². The van der Waals surface area contributed by atoms with Crippen molar-refractivity contribution in [2.75, 3.05) is 31.1 Å². The molecule has 1 fully saturated rings. The number of aryl methyl sites for hydroxylation is 1. The average molecular weight is 387 g/mol. The molecule has 1 saturated heterocycles. The highest BCUT2D eigenvalue weighted by atomic mass is 19.3. The van der Waals surface area contributed by atoms with Gasteiger partial charge in [0, 0.05) is 56.3 Å². The maximum atomic E-state index is 12.7. The number of amides is 1. The molecule has 1 aliphatic rings. The number of hydrogen-bond donors (Lipinski definition) is 0. The predicted molar refractivity (Wildman–Crippen MR) is 99.7 cm³/mol. The van der Waals surface area contributed by atoms with Crippen LogP contribution >= 0.6 is 0 Å². The van der Waals surface area contributed by atoms with Crippen LogP contribution in [0, 0.1) is 0 Å². The van der Waals surface area contributed by atoms with E-state index >= 15 is 0 Å². The van der Waals surface area contributed by atoms with Crippen LogP contribution in [0.3, 0.4) is 0 Å². The predicted octanol–water partition coefficient (Wildman–Crippen LogP) is 2.53. The summed E-state index contributed by atoms with van der Waals surface area (Å²) >= 11 is 0. The molecule has 0 aliphatic carbocycles. The number of rotatable bonds is 4. The highest BCUT2D eigenvalue weighted by Crippen LogP contribution is 2.26. The van der Waals surface area contributed by atoms with Crippen LogP contribution in [-0.2, 0) is 7.05 Å². The van der Waals surface area contributed by atoms with Gasteiger partial charge < -0.3 is 14.5 Å². The van der Waals surface area contributed by atoms with Crippen molar-refractivity contribution in [3.63, 3.8) is 0 Å². The van der Waals surface area contributed by atoms with E-state index in [1.54, 1.807) is 4.90 Å². The van der Waals surface area contributed by atoms with Gasteiger partial charge in [0.15, 0.2) is 5.69 Å². The summed E-state index contributed by atoms with van der Waals surface area (Å²) < 4.78 is 30.3. The van der Waals surface area contributed by atoms with Gasteiger partial charge in [0.2, 0.25) is 5.88 Å². The molecule has 3 heterocycles. The lowest BCUT2D eigenvalue weighted by atomic mass is 10.1. The average Bonchev–Trinajstić information content (AvgIpc) is 3.07. The van der Waals surface area contributed by atoms with E-state index < -0.39 is 6.61 Å². The molecule has 28 heavy (non-hydrogen) atoms. The van der Waals surface area contributed by atoms with E-state index in [-0.39, 0.29) is 17.5 Å². The summed E-state index contributed by atoms with van der Waals surface area (Å²) in [6.07, 6.45) is 3.67. The fraction of sp³-hybridized carbons (Fsp3) is 0.316. The third-order valence-electron chi connectivity index (χ3n) is 4.82. The van der Waals surface area contributed by atoms with Gasteiger partial charge in [0.25, 0.3) is 5.91 Å². The van der Waals surface area contributed by atoms with Crippen LogP contribution in [-0.4, -0.2) is 58.4 Å². The Hall–Kier alpha value is -3.23. The number of aromatic nitrogens is 3. The van der Waals surface area contributed by atoms with E-state index in [9.17, 15) is 13.6 Å². The number of halogens is 2. The number of hydrogen-bond acceptors (Lipinski definition) is 5. The Balaban J connectivity index is 1.46. The summed E-state index contributed by atoms with van der Waals surface area (Å²) in [5, 5.41) is 6.19. The molecule has 2 aromatic heterocycles. The van der Waals surface area contributed by atoms with Gasteiger partial charge in [0.05, 0.1) is 11.9 Å². The third kappa shape index (κ3) is 3.47. The lowest BCUT2D eigenvalue weighted by Crippen LogP contribution is -2.49. The van der Waals surface area contributed by atoms with Crippen molar-refractivity contribution in [2.24, 2.45) is 7.05 Å². The fourth-order valence-corrected chi connectivity index (χ4v) is 3.42. The maximum absolute atomic E-state index is 12.7. The number of carbonyl (C=O) groups excluding carboxylic acids is 1. The van der Waals surface area contributed by atoms with Gasteiger partial charge in [-0.25, -0.2) is 4.68 Å². The largest absolute Gasteiger partial charge is 0.417 e. The molecular formula is C19H19F2N5O2. The second-order valence-corrected chi connectivity index (χ2v) is 6.53. The molecule has 0 spiro atoms. The van der Waals surface area contributed by atoms with Gasteiger partial charge in [-0.2, -0.15) is 13.9 Å². The molecule has 0 bridgehead atoms. The van der Waals surface area contributed by atoms with Crippen LogP contribution in [0.2, 0.25) is 0 Å². The number of benzene rings is 1. The molecule has 3 aromatic rings. The van der Waals surface area contributed by atoms with Crippen LogP contribution in [0.4, 0.5) is 14.5 Å². The van der Waals surface area contributed by atoms with Gasteiger partial charge >= 0.3 is 6.61 Å². The van der Waals surface area contributed by atoms with E-state index in [0.29, 0.717) is 26.2 Å². The topological polar surface area (TPSA) is 63.5 Å². The molecule has 1 aromatic carbocycles. The first kappa shape index (κ1) is 18.1.